The van der Waals surface area contributed by atoms with Crippen molar-refractivity contribution < 1.29 is 14.6 Å². The van der Waals surface area contributed by atoms with Crippen molar-refractivity contribution in [1.29, 1.82) is 0 Å². The van der Waals surface area contributed by atoms with Crippen molar-refractivity contribution in [3.8, 4) is 0 Å². The first kappa shape index (κ1) is 14.1. The largest absolute Gasteiger partial charge is 0.481 e. The molecule has 104 valence electrons. The predicted molar refractivity (Wildman–Crippen MR) is 74.4 cm³/mol. The fraction of sp³-hybridized carbons (Fsp3) is 0.562. The van der Waals surface area contributed by atoms with Gasteiger partial charge in [-0.3, -0.25) is 4.79 Å². The third-order valence-corrected chi connectivity index (χ3v) is 4.10. The summed E-state index contributed by atoms with van der Waals surface area (Å²) in [5.74, 6) is -0.759. The maximum absolute atomic E-state index is 10.9. The summed E-state index contributed by atoms with van der Waals surface area (Å²) in [6.45, 7) is 3.93. The lowest BCUT2D eigenvalue weighted by Crippen LogP contribution is -2.21. The van der Waals surface area contributed by atoms with Crippen molar-refractivity contribution >= 4 is 5.97 Å². The van der Waals surface area contributed by atoms with E-state index in [1.165, 1.54) is 5.56 Å². The van der Waals surface area contributed by atoms with Gasteiger partial charge < -0.3 is 9.84 Å². The quantitative estimate of drug-likeness (QED) is 0.856. The molecule has 1 aromatic rings. The molecule has 0 heterocycles. The minimum Gasteiger partial charge on any atom is -0.481 e. The third-order valence-electron chi connectivity index (χ3n) is 4.10. The molecule has 0 aromatic heterocycles. The van der Waals surface area contributed by atoms with E-state index in [2.05, 4.69) is 12.1 Å². The van der Waals surface area contributed by atoms with Crippen LogP contribution in [-0.4, -0.2) is 23.8 Å². The Morgan fingerprint density at radius 3 is 2.32 bits per heavy atom. The molecular weight excluding hydrogens is 240 g/mol. The second kappa shape index (κ2) is 4.97. The SMILES string of the molecule is COC1(Cc2ccc(C(C)(C)CC(=O)O)cc2)CC1. The molecule has 3 nitrogen and oxygen atoms in total. The topological polar surface area (TPSA) is 46.5 Å². The molecule has 0 atom stereocenters. The predicted octanol–water partition coefficient (Wildman–Crippen LogP) is 3.16. The Labute approximate surface area is 114 Å². The highest BCUT2D eigenvalue weighted by molar-refractivity contribution is 5.68. The molecule has 1 aliphatic carbocycles. The van der Waals surface area contributed by atoms with Crippen molar-refractivity contribution in [2.45, 2.75) is 50.5 Å². The van der Waals surface area contributed by atoms with Crippen LogP contribution in [0.1, 0.15) is 44.2 Å². The van der Waals surface area contributed by atoms with E-state index in [0.717, 1.165) is 24.8 Å². The van der Waals surface area contributed by atoms with E-state index in [4.69, 9.17) is 9.84 Å². The Balaban J connectivity index is 2.07. The van der Waals surface area contributed by atoms with E-state index in [0.29, 0.717) is 0 Å². The molecule has 0 aliphatic heterocycles. The summed E-state index contributed by atoms with van der Waals surface area (Å²) in [7, 11) is 1.78. The molecule has 2 rings (SSSR count). The van der Waals surface area contributed by atoms with Gasteiger partial charge in [0.15, 0.2) is 0 Å². The van der Waals surface area contributed by atoms with Crippen molar-refractivity contribution in [3.63, 3.8) is 0 Å². The lowest BCUT2D eigenvalue weighted by Gasteiger charge is -2.23. The van der Waals surface area contributed by atoms with Crippen LogP contribution in [0.15, 0.2) is 24.3 Å². The van der Waals surface area contributed by atoms with Gasteiger partial charge in [-0.05, 0) is 24.0 Å². The average Bonchev–Trinajstić information content (AvgIpc) is 3.09. The zero-order valence-electron chi connectivity index (χ0n) is 11.9. The Hall–Kier alpha value is -1.35. The number of carbonyl (C=O) groups is 1. The minimum absolute atomic E-state index is 0.0676. The van der Waals surface area contributed by atoms with Crippen LogP contribution in [-0.2, 0) is 21.4 Å². The fourth-order valence-electron chi connectivity index (χ4n) is 2.52. The van der Waals surface area contributed by atoms with Crippen LogP contribution in [0.25, 0.3) is 0 Å². The first-order valence-electron chi connectivity index (χ1n) is 6.73. The molecule has 1 aliphatic rings. The van der Waals surface area contributed by atoms with E-state index in [1.807, 2.05) is 26.0 Å². The summed E-state index contributed by atoms with van der Waals surface area (Å²) in [6, 6.07) is 8.28. The summed E-state index contributed by atoms with van der Waals surface area (Å²) in [6.07, 6.45) is 3.36. The van der Waals surface area contributed by atoms with E-state index in [1.54, 1.807) is 7.11 Å². The molecule has 0 spiro atoms. The van der Waals surface area contributed by atoms with Gasteiger partial charge in [-0.2, -0.15) is 0 Å². The lowest BCUT2D eigenvalue weighted by molar-refractivity contribution is -0.138. The highest BCUT2D eigenvalue weighted by atomic mass is 16.5. The Bertz CT molecular complexity index is 455. The van der Waals surface area contributed by atoms with Crippen molar-refractivity contribution in [3.05, 3.63) is 35.4 Å². The van der Waals surface area contributed by atoms with Gasteiger partial charge in [0, 0.05) is 18.9 Å². The molecule has 0 bridgehead atoms. The van der Waals surface area contributed by atoms with E-state index < -0.39 is 5.97 Å². The summed E-state index contributed by atoms with van der Waals surface area (Å²) in [5, 5.41) is 8.94. The molecule has 19 heavy (non-hydrogen) atoms. The van der Waals surface area contributed by atoms with E-state index in [9.17, 15) is 4.79 Å². The number of hydrogen-bond donors (Lipinski definition) is 1. The van der Waals surface area contributed by atoms with E-state index in [-0.39, 0.29) is 17.4 Å². The van der Waals surface area contributed by atoms with Crippen LogP contribution in [0, 0.1) is 0 Å². The second-order valence-corrected chi connectivity index (χ2v) is 6.22. The van der Waals surface area contributed by atoms with Gasteiger partial charge in [0.1, 0.15) is 0 Å². The molecule has 0 amide bonds. The molecule has 3 heteroatoms. The monoisotopic (exact) mass is 262 g/mol. The van der Waals surface area contributed by atoms with Crippen LogP contribution in [0.2, 0.25) is 0 Å². The number of rotatable bonds is 6. The summed E-state index contributed by atoms with van der Waals surface area (Å²) >= 11 is 0. The molecule has 0 unspecified atom stereocenters. The summed E-state index contributed by atoms with van der Waals surface area (Å²) in [5.41, 5.74) is 2.07. The fourth-order valence-corrected chi connectivity index (χ4v) is 2.52. The van der Waals surface area contributed by atoms with Crippen LogP contribution in [0.5, 0.6) is 0 Å². The zero-order valence-corrected chi connectivity index (χ0v) is 11.9. The molecule has 1 fully saturated rings. The first-order chi connectivity index (χ1) is 8.87. The normalized spacial score (nSPS) is 17.2. The second-order valence-electron chi connectivity index (χ2n) is 6.22. The Morgan fingerprint density at radius 2 is 1.89 bits per heavy atom. The zero-order chi connectivity index (χ0) is 14.1. The maximum Gasteiger partial charge on any atom is 0.304 e. The van der Waals surface area contributed by atoms with Gasteiger partial charge in [-0.25, -0.2) is 0 Å². The van der Waals surface area contributed by atoms with E-state index >= 15 is 0 Å². The molecule has 1 saturated carbocycles. The minimum atomic E-state index is -0.759. The molecule has 1 N–H and O–H groups in total. The van der Waals surface area contributed by atoms with Gasteiger partial charge >= 0.3 is 5.97 Å². The number of ether oxygens (including phenoxy) is 1. The number of aliphatic carboxylic acids is 1. The Kier molecular flexibility index (Phi) is 3.68. The van der Waals surface area contributed by atoms with Gasteiger partial charge in [0.25, 0.3) is 0 Å². The molecule has 0 saturated heterocycles. The van der Waals surface area contributed by atoms with Crippen LogP contribution < -0.4 is 0 Å². The van der Waals surface area contributed by atoms with Crippen molar-refractivity contribution in [2.24, 2.45) is 0 Å². The van der Waals surface area contributed by atoms with Crippen LogP contribution in [0.3, 0.4) is 0 Å². The maximum atomic E-state index is 10.9. The molecule has 1 aromatic carbocycles. The smallest absolute Gasteiger partial charge is 0.304 e. The molecule has 0 radical (unpaired) electrons. The van der Waals surface area contributed by atoms with Gasteiger partial charge in [0.2, 0.25) is 0 Å². The summed E-state index contributed by atoms with van der Waals surface area (Å²) in [4.78, 5) is 10.9. The highest BCUT2D eigenvalue weighted by Crippen LogP contribution is 2.42. The number of benzene rings is 1. The number of methoxy groups -OCH3 is 1. The van der Waals surface area contributed by atoms with Crippen LogP contribution >= 0.6 is 0 Å². The lowest BCUT2D eigenvalue weighted by atomic mass is 9.81. The van der Waals surface area contributed by atoms with Crippen molar-refractivity contribution in [1.82, 2.24) is 0 Å². The standard InChI is InChI=1S/C16H22O3/c1-15(2,11-14(17)18)13-6-4-12(5-7-13)10-16(19-3)8-9-16/h4-7H,8-11H2,1-3H3,(H,17,18). The van der Waals surface area contributed by atoms with Gasteiger partial charge in [-0.1, -0.05) is 38.1 Å². The number of carboxylic acids is 1. The highest BCUT2D eigenvalue weighted by Gasteiger charge is 2.42. The molecular formula is C16H22O3. The van der Waals surface area contributed by atoms with Gasteiger partial charge in [0.05, 0.1) is 12.0 Å². The number of hydrogen-bond acceptors (Lipinski definition) is 2. The third kappa shape index (κ3) is 3.35. The Morgan fingerprint density at radius 1 is 1.32 bits per heavy atom. The first-order valence-corrected chi connectivity index (χ1v) is 6.73. The van der Waals surface area contributed by atoms with Crippen molar-refractivity contribution in [2.75, 3.05) is 7.11 Å². The van der Waals surface area contributed by atoms with Gasteiger partial charge in [-0.15, -0.1) is 0 Å². The average molecular weight is 262 g/mol. The summed E-state index contributed by atoms with van der Waals surface area (Å²) < 4.78 is 5.53. The van der Waals surface area contributed by atoms with Crippen LogP contribution in [0.4, 0.5) is 0 Å². The number of carboxylic acid groups (broad SMARTS) is 1.